The topological polar surface area (TPSA) is 28.7 Å². The number of hydrogen-bond donors (Lipinski definition) is 1. The predicted octanol–water partition coefficient (Wildman–Crippen LogP) is 4.42. The van der Waals surface area contributed by atoms with Crippen LogP contribution < -0.4 is 0 Å². The Morgan fingerprint density at radius 3 is 2.82 bits per heavy atom. The Bertz CT molecular complexity index is 485. The molecule has 0 aliphatic carbocycles. The van der Waals surface area contributed by atoms with E-state index in [0.29, 0.717) is 5.92 Å². The van der Waals surface area contributed by atoms with Crippen molar-refractivity contribution in [2.45, 2.75) is 52.4 Å². The minimum absolute atomic E-state index is 0.535. The molecule has 2 nitrogen and oxygen atoms in total. The van der Waals surface area contributed by atoms with E-state index in [1.54, 1.807) is 0 Å². The van der Waals surface area contributed by atoms with E-state index in [1.807, 2.05) is 0 Å². The number of H-pyrrole nitrogens is 1. The molecule has 1 atom stereocenters. The van der Waals surface area contributed by atoms with Crippen LogP contribution >= 0.6 is 0 Å². The molecule has 1 aromatic carbocycles. The highest BCUT2D eigenvalue weighted by molar-refractivity contribution is 5.76. The van der Waals surface area contributed by atoms with Crippen molar-refractivity contribution >= 4 is 11.0 Å². The van der Waals surface area contributed by atoms with Gasteiger partial charge in [-0.25, -0.2) is 4.98 Å². The fourth-order valence-corrected chi connectivity index (χ4v) is 2.18. The zero-order valence-electron chi connectivity index (χ0n) is 11.1. The van der Waals surface area contributed by atoms with Crippen LogP contribution in [0.4, 0.5) is 0 Å². The van der Waals surface area contributed by atoms with E-state index >= 15 is 0 Å². The fourth-order valence-electron chi connectivity index (χ4n) is 2.18. The number of nitrogens with zero attached hydrogens (tertiary/aromatic N) is 1. The van der Waals surface area contributed by atoms with Crippen molar-refractivity contribution in [2.75, 3.05) is 0 Å². The van der Waals surface area contributed by atoms with Gasteiger partial charge in [0.2, 0.25) is 0 Å². The van der Waals surface area contributed by atoms with Gasteiger partial charge in [-0.3, -0.25) is 0 Å². The Morgan fingerprint density at radius 1 is 1.29 bits per heavy atom. The smallest absolute Gasteiger partial charge is 0.110 e. The van der Waals surface area contributed by atoms with Crippen LogP contribution in [0.5, 0.6) is 0 Å². The van der Waals surface area contributed by atoms with Crippen molar-refractivity contribution in [3.05, 3.63) is 29.6 Å². The summed E-state index contributed by atoms with van der Waals surface area (Å²) in [4.78, 5) is 8.15. The molecule has 17 heavy (non-hydrogen) atoms. The Kier molecular flexibility index (Phi) is 3.82. The number of rotatable bonds is 5. The van der Waals surface area contributed by atoms with E-state index in [0.717, 1.165) is 17.8 Å². The number of unbranched alkanes of at least 4 members (excludes halogenated alkanes) is 1. The fraction of sp³-hybridized carbons (Fsp3) is 0.533. The Balaban J connectivity index is 2.24. The molecule has 0 spiro atoms. The summed E-state index contributed by atoms with van der Waals surface area (Å²) in [5, 5.41) is 0. The molecule has 1 heterocycles. The third kappa shape index (κ3) is 2.68. The monoisotopic (exact) mass is 230 g/mol. The van der Waals surface area contributed by atoms with Crippen LogP contribution in [0, 0.1) is 0 Å². The van der Waals surface area contributed by atoms with E-state index < -0.39 is 0 Å². The summed E-state index contributed by atoms with van der Waals surface area (Å²) in [6.45, 7) is 6.68. The van der Waals surface area contributed by atoms with Gasteiger partial charge in [0.05, 0.1) is 11.0 Å². The van der Waals surface area contributed by atoms with Crippen LogP contribution in [-0.4, -0.2) is 9.97 Å². The van der Waals surface area contributed by atoms with E-state index in [1.165, 1.54) is 30.3 Å². The van der Waals surface area contributed by atoms with Crippen molar-refractivity contribution in [3.8, 4) is 0 Å². The van der Waals surface area contributed by atoms with Crippen LogP contribution in [0.2, 0.25) is 0 Å². The molecule has 2 rings (SSSR count). The quantitative estimate of drug-likeness (QED) is 0.809. The number of aromatic nitrogens is 2. The summed E-state index contributed by atoms with van der Waals surface area (Å²) in [7, 11) is 0. The van der Waals surface area contributed by atoms with Crippen LogP contribution in [0.1, 0.15) is 57.3 Å². The molecule has 2 aromatic rings. The first-order valence-corrected chi connectivity index (χ1v) is 6.73. The summed E-state index contributed by atoms with van der Waals surface area (Å²) in [5.41, 5.74) is 3.65. The van der Waals surface area contributed by atoms with E-state index in [4.69, 9.17) is 0 Å². The second-order valence-corrected chi connectivity index (χ2v) is 4.87. The molecule has 0 amide bonds. The average Bonchev–Trinajstić information content (AvgIpc) is 2.78. The minimum atomic E-state index is 0.535. The van der Waals surface area contributed by atoms with Gasteiger partial charge in [-0.1, -0.05) is 39.7 Å². The molecule has 92 valence electrons. The van der Waals surface area contributed by atoms with Crippen LogP contribution in [0.25, 0.3) is 11.0 Å². The summed E-state index contributed by atoms with van der Waals surface area (Å²) >= 11 is 0. The summed E-state index contributed by atoms with van der Waals surface area (Å²) in [5.74, 6) is 1.68. The maximum atomic E-state index is 4.69. The predicted molar refractivity (Wildman–Crippen MR) is 73.4 cm³/mol. The molecule has 0 bridgehead atoms. The van der Waals surface area contributed by atoms with Gasteiger partial charge in [0.25, 0.3) is 0 Å². The Hall–Kier alpha value is -1.31. The molecule has 2 heteroatoms. The van der Waals surface area contributed by atoms with Crippen molar-refractivity contribution in [3.63, 3.8) is 0 Å². The second-order valence-electron chi connectivity index (χ2n) is 4.87. The summed E-state index contributed by atoms with van der Waals surface area (Å²) < 4.78 is 0. The molecule has 1 N–H and O–H groups in total. The van der Waals surface area contributed by atoms with Gasteiger partial charge in [0.1, 0.15) is 5.82 Å². The molecule has 0 aliphatic rings. The van der Waals surface area contributed by atoms with Crippen LogP contribution in [0.15, 0.2) is 18.2 Å². The summed E-state index contributed by atoms with van der Waals surface area (Å²) in [6.07, 6.45) is 4.83. The highest BCUT2D eigenvalue weighted by atomic mass is 14.9. The van der Waals surface area contributed by atoms with Crippen molar-refractivity contribution in [1.82, 2.24) is 9.97 Å². The highest BCUT2D eigenvalue weighted by Gasteiger charge is 2.10. The summed E-state index contributed by atoms with van der Waals surface area (Å²) in [6, 6.07) is 6.52. The van der Waals surface area contributed by atoms with Crippen molar-refractivity contribution in [1.29, 1.82) is 0 Å². The lowest BCUT2D eigenvalue weighted by Crippen LogP contribution is -1.95. The van der Waals surface area contributed by atoms with E-state index in [-0.39, 0.29) is 0 Å². The number of nitrogens with one attached hydrogen (secondary N) is 1. The molecule has 0 fully saturated rings. The normalized spacial score (nSPS) is 13.1. The van der Waals surface area contributed by atoms with Crippen molar-refractivity contribution in [2.24, 2.45) is 0 Å². The van der Waals surface area contributed by atoms with E-state index in [9.17, 15) is 0 Å². The SMILES string of the molecule is CCCCC(C)c1nc2ccc(CC)cc2[nH]1. The Labute approximate surface area is 103 Å². The zero-order valence-corrected chi connectivity index (χ0v) is 11.1. The lowest BCUT2D eigenvalue weighted by atomic mass is 10.0. The van der Waals surface area contributed by atoms with Crippen molar-refractivity contribution < 1.29 is 0 Å². The number of hydrogen-bond acceptors (Lipinski definition) is 1. The van der Waals surface area contributed by atoms with Gasteiger partial charge in [-0.05, 0) is 30.5 Å². The number of benzene rings is 1. The van der Waals surface area contributed by atoms with E-state index in [2.05, 4.69) is 48.9 Å². The largest absolute Gasteiger partial charge is 0.342 e. The average molecular weight is 230 g/mol. The molecular formula is C15H22N2. The van der Waals surface area contributed by atoms with Crippen LogP contribution in [0.3, 0.4) is 0 Å². The van der Waals surface area contributed by atoms with Gasteiger partial charge in [0.15, 0.2) is 0 Å². The minimum Gasteiger partial charge on any atom is -0.342 e. The van der Waals surface area contributed by atoms with Crippen LogP contribution in [-0.2, 0) is 6.42 Å². The third-order valence-corrected chi connectivity index (χ3v) is 3.43. The number of fused-ring (bicyclic) bond motifs is 1. The van der Waals surface area contributed by atoms with Gasteiger partial charge in [-0.2, -0.15) is 0 Å². The maximum absolute atomic E-state index is 4.69. The van der Waals surface area contributed by atoms with Gasteiger partial charge < -0.3 is 4.98 Å². The number of aromatic amines is 1. The highest BCUT2D eigenvalue weighted by Crippen LogP contribution is 2.22. The third-order valence-electron chi connectivity index (χ3n) is 3.43. The zero-order chi connectivity index (χ0) is 12.3. The number of aryl methyl sites for hydroxylation is 1. The van der Waals surface area contributed by atoms with Gasteiger partial charge in [0, 0.05) is 5.92 Å². The first-order chi connectivity index (χ1) is 8.24. The van der Waals surface area contributed by atoms with Gasteiger partial charge in [-0.15, -0.1) is 0 Å². The van der Waals surface area contributed by atoms with Gasteiger partial charge >= 0.3 is 0 Å². The molecule has 1 aromatic heterocycles. The molecule has 0 radical (unpaired) electrons. The first kappa shape index (κ1) is 12.2. The maximum Gasteiger partial charge on any atom is 0.110 e. The molecule has 1 unspecified atom stereocenters. The molecule has 0 saturated heterocycles. The molecular weight excluding hydrogens is 208 g/mol. The molecule has 0 aliphatic heterocycles. The lowest BCUT2D eigenvalue weighted by molar-refractivity contribution is 0.602. The second kappa shape index (κ2) is 5.35. The molecule has 0 saturated carbocycles. The number of imidazole rings is 1. The Morgan fingerprint density at radius 2 is 2.12 bits per heavy atom. The lowest BCUT2D eigenvalue weighted by Gasteiger charge is -2.06. The standard InChI is InChI=1S/C15H22N2/c1-4-6-7-11(3)15-16-13-9-8-12(5-2)10-14(13)17-15/h8-11H,4-7H2,1-3H3,(H,16,17). The first-order valence-electron chi connectivity index (χ1n) is 6.73.